The highest BCUT2D eigenvalue weighted by Crippen LogP contribution is 2.15. The second kappa shape index (κ2) is 6.68. The summed E-state index contributed by atoms with van der Waals surface area (Å²) in [5, 5.41) is 13.8. The van der Waals surface area contributed by atoms with Crippen LogP contribution in [0.3, 0.4) is 0 Å². The number of hydrogen-bond donors (Lipinski definition) is 1. The van der Waals surface area contributed by atoms with Gasteiger partial charge in [-0.1, -0.05) is 13.8 Å². The first kappa shape index (κ1) is 15.7. The number of carbonyl (C=O) groups excluding carboxylic acids is 1. The van der Waals surface area contributed by atoms with Gasteiger partial charge in [-0.2, -0.15) is 5.10 Å². The van der Waals surface area contributed by atoms with E-state index in [2.05, 4.69) is 18.9 Å². The van der Waals surface area contributed by atoms with Crippen LogP contribution in [0.5, 0.6) is 0 Å². The van der Waals surface area contributed by atoms with Gasteiger partial charge >= 0.3 is 0 Å². The van der Waals surface area contributed by atoms with Gasteiger partial charge in [-0.3, -0.25) is 9.48 Å². The van der Waals surface area contributed by atoms with Crippen LogP contribution in [-0.4, -0.2) is 59.1 Å². The lowest BCUT2D eigenvalue weighted by molar-refractivity contribution is 0.0377. The third kappa shape index (κ3) is 4.04. The molecule has 1 aromatic heterocycles. The van der Waals surface area contributed by atoms with Gasteiger partial charge in [0.05, 0.1) is 12.7 Å². The molecule has 0 aromatic carbocycles. The van der Waals surface area contributed by atoms with Gasteiger partial charge < -0.3 is 14.7 Å². The van der Waals surface area contributed by atoms with Crippen LogP contribution >= 0.6 is 0 Å². The summed E-state index contributed by atoms with van der Waals surface area (Å²) in [7, 11) is 4.98. The third-order valence-corrected chi connectivity index (χ3v) is 2.92. The minimum Gasteiger partial charge on any atom is -0.389 e. The molecule has 0 spiro atoms. The van der Waals surface area contributed by atoms with Gasteiger partial charge in [-0.25, -0.2) is 0 Å². The van der Waals surface area contributed by atoms with Crippen molar-refractivity contribution in [3.63, 3.8) is 0 Å². The molecule has 1 heterocycles. The van der Waals surface area contributed by atoms with Crippen LogP contribution in [0.2, 0.25) is 0 Å². The number of aliphatic hydroxyl groups is 1. The van der Waals surface area contributed by atoms with Gasteiger partial charge in [-0.15, -0.1) is 0 Å². The van der Waals surface area contributed by atoms with E-state index in [0.717, 1.165) is 5.69 Å². The lowest BCUT2D eigenvalue weighted by atomic mass is 10.1. The SMILES string of the molecule is COCC(O)CN(C)C(=O)c1cc(C(C)C)n(C)n1. The summed E-state index contributed by atoms with van der Waals surface area (Å²) in [6.07, 6.45) is -0.688. The lowest BCUT2D eigenvalue weighted by Crippen LogP contribution is -2.36. The number of ether oxygens (including phenoxy) is 1. The number of aryl methyl sites for hydroxylation is 1. The molecule has 1 atom stereocenters. The van der Waals surface area contributed by atoms with E-state index in [1.807, 2.05) is 7.05 Å². The highest BCUT2D eigenvalue weighted by molar-refractivity contribution is 5.92. The number of carbonyl (C=O) groups is 1. The van der Waals surface area contributed by atoms with E-state index in [9.17, 15) is 9.90 Å². The maximum atomic E-state index is 12.2. The molecule has 0 bridgehead atoms. The Morgan fingerprint density at radius 3 is 2.68 bits per heavy atom. The topological polar surface area (TPSA) is 67.6 Å². The van der Waals surface area contributed by atoms with E-state index in [-0.39, 0.29) is 19.1 Å². The Bertz CT molecular complexity index is 429. The largest absolute Gasteiger partial charge is 0.389 e. The molecule has 0 aliphatic rings. The highest BCUT2D eigenvalue weighted by Gasteiger charge is 2.19. The second-order valence-electron chi connectivity index (χ2n) is 5.03. The van der Waals surface area contributed by atoms with Crippen LogP contribution < -0.4 is 0 Å². The van der Waals surface area contributed by atoms with E-state index < -0.39 is 6.10 Å². The average molecular weight is 269 g/mol. The standard InChI is InChI=1S/C13H23N3O3/c1-9(2)12-6-11(14-16(12)4)13(18)15(3)7-10(17)8-19-5/h6,9-10,17H,7-8H2,1-5H3. The van der Waals surface area contributed by atoms with Gasteiger partial charge in [0.1, 0.15) is 0 Å². The number of likely N-dealkylation sites (N-methyl/N-ethyl adjacent to an activating group) is 1. The molecule has 1 unspecified atom stereocenters. The molecule has 1 N–H and O–H groups in total. The van der Waals surface area contributed by atoms with Crippen LogP contribution in [0.1, 0.15) is 35.9 Å². The Balaban J connectivity index is 2.74. The van der Waals surface area contributed by atoms with Crippen molar-refractivity contribution in [1.29, 1.82) is 0 Å². The molecule has 0 saturated carbocycles. The first-order valence-electron chi connectivity index (χ1n) is 6.33. The maximum absolute atomic E-state index is 12.2. The number of aliphatic hydroxyl groups excluding tert-OH is 1. The summed E-state index contributed by atoms with van der Waals surface area (Å²) in [5.74, 6) is 0.112. The molecule has 0 fully saturated rings. The van der Waals surface area contributed by atoms with Gasteiger partial charge in [0.15, 0.2) is 5.69 Å². The second-order valence-corrected chi connectivity index (χ2v) is 5.03. The molecule has 0 aliphatic heterocycles. The molecule has 0 aliphatic carbocycles. The van der Waals surface area contributed by atoms with Crippen molar-refractivity contribution in [2.45, 2.75) is 25.9 Å². The third-order valence-electron chi connectivity index (χ3n) is 2.92. The smallest absolute Gasteiger partial charge is 0.274 e. The fourth-order valence-electron chi connectivity index (χ4n) is 1.97. The van der Waals surface area contributed by atoms with E-state index in [0.29, 0.717) is 11.6 Å². The van der Waals surface area contributed by atoms with E-state index in [1.54, 1.807) is 17.8 Å². The summed E-state index contributed by atoms with van der Waals surface area (Å²) in [6.45, 7) is 4.53. The highest BCUT2D eigenvalue weighted by atomic mass is 16.5. The zero-order chi connectivity index (χ0) is 14.6. The number of hydrogen-bond acceptors (Lipinski definition) is 4. The zero-order valence-electron chi connectivity index (χ0n) is 12.3. The minimum absolute atomic E-state index is 0.197. The summed E-state index contributed by atoms with van der Waals surface area (Å²) in [6, 6.07) is 1.80. The molecular weight excluding hydrogens is 246 g/mol. The predicted molar refractivity (Wildman–Crippen MR) is 72.1 cm³/mol. The van der Waals surface area contributed by atoms with E-state index in [4.69, 9.17) is 4.74 Å². The van der Waals surface area contributed by atoms with Crippen molar-refractivity contribution >= 4 is 5.91 Å². The molecule has 1 rings (SSSR count). The van der Waals surface area contributed by atoms with Crippen molar-refractivity contribution in [3.8, 4) is 0 Å². The van der Waals surface area contributed by atoms with Crippen molar-refractivity contribution < 1.29 is 14.6 Å². The Morgan fingerprint density at radius 2 is 2.21 bits per heavy atom. The van der Waals surface area contributed by atoms with Gasteiger partial charge in [-0.05, 0) is 12.0 Å². The quantitative estimate of drug-likeness (QED) is 0.822. The van der Waals surface area contributed by atoms with E-state index in [1.165, 1.54) is 12.0 Å². The van der Waals surface area contributed by atoms with Gasteiger partial charge in [0.2, 0.25) is 0 Å². The van der Waals surface area contributed by atoms with Crippen molar-refractivity contribution in [2.75, 3.05) is 27.3 Å². The first-order chi connectivity index (χ1) is 8.86. The van der Waals surface area contributed by atoms with Crippen LogP contribution in [0, 0.1) is 0 Å². The number of aromatic nitrogens is 2. The maximum Gasteiger partial charge on any atom is 0.274 e. The minimum atomic E-state index is -0.688. The van der Waals surface area contributed by atoms with Crippen LogP contribution in [0.15, 0.2) is 6.07 Å². The van der Waals surface area contributed by atoms with Crippen molar-refractivity contribution in [3.05, 3.63) is 17.5 Å². The molecule has 1 amide bonds. The number of methoxy groups -OCH3 is 1. The molecular formula is C13H23N3O3. The Kier molecular flexibility index (Phi) is 5.50. The fourth-order valence-corrected chi connectivity index (χ4v) is 1.97. The normalized spacial score (nSPS) is 12.8. The number of amides is 1. The molecule has 0 saturated heterocycles. The summed E-state index contributed by atoms with van der Waals surface area (Å²) < 4.78 is 6.56. The van der Waals surface area contributed by atoms with Crippen molar-refractivity contribution in [2.24, 2.45) is 7.05 Å². The Labute approximate surface area is 114 Å². The molecule has 108 valence electrons. The van der Waals surface area contributed by atoms with Gasteiger partial charge in [0.25, 0.3) is 5.91 Å². The predicted octanol–water partition coefficient (Wildman–Crippen LogP) is 0.623. The van der Waals surface area contributed by atoms with Crippen molar-refractivity contribution in [1.82, 2.24) is 14.7 Å². The van der Waals surface area contributed by atoms with Crippen LogP contribution in [0.4, 0.5) is 0 Å². The van der Waals surface area contributed by atoms with Crippen LogP contribution in [0.25, 0.3) is 0 Å². The fraction of sp³-hybridized carbons (Fsp3) is 0.692. The summed E-state index contributed by atoms with van der Waals surface area (Å²) in [4.78, 5) is 13.6. The molecule has 0 radical (unpaired) electrons. The molecule has 19 heavy (non-hydrogen) atoms. The average Bonchev–Trinajstić information content (AvgIpc) is 2.70. The molecule has 6 heteroatoms. The monoisotopic (exact) mass is 269 g/mol. The van der Waals surface area contributed by atoms with Gasteiger partial charge in [0, 0.05) is 33.4 Å². The lowest BCUT2D eigenvalue weighted by Gasteiger charge is -2.19. The number of rotatable bonds is 6. The van der Waals surface area contributed by atoms with E-state index >= 15 is 0 Å². The first-order valence-corrected chi connectivity index (χ1v) is 6.33. The Hall–Kier alpha value is -1.40. The summed E-state index contributed by atoms with van der Waals surface area (Å²) in [5.41, 5.74) is 1.41. The summed E-state index contributed by atoms with van der Waals surface area (Å²) >= 11 is 0. The molecule has 1 aromatic rings. The molecule has 6 nitrogen and oxygen atoms in total. The van der Waals surface area contributed by atoms with Crippen LogP contribution in [-0.2, 0) is 11.8 Å². The Morgan fingerprint density at radius 1 is 1.58 bits per heavy atom. The zero-order valence-corrected chi connectivity index (χ0v) is 12.3. The number of nitrogens with zero attached hydrogens (tertiary/aromatic N) is 3.